The number of fused-ring (bicyclic) bond motifs is 1. The number of benzene rings is 1. The molecule has 1 aliphatic carbocycles. The molecule has 190 valence electrons. The predicted molar refractivity (Wildman–Crippen MR) is 137 cm³/mol. The van der Waals surface area contributed by atoms with Gasteiger partial charge in [-0.3, -0.25) is 14.4 Å². The van der Waals surface area contributed by atoms with Crippen LogP contribution < -0.4 is 5.32 Å². The van der Waals surface area contributed by atoms with E-state index in [0.717, 1.165) is 59.3 Å². The fourth-order valence-corrected chi connectivity index (χ4v) is 6.22. The predicted octanol–water partition coefficient (Wildman–Crippen LogP) is 4.67. The molecule has 6 rings (SSSR count). The Morgan fingerprint density at radius 2 is 2.03 bits per heavy atom. The fourth-order valence-electron chi connectivity index (χ4n) is 5.90. The van der Waals surface area contributed by atoms with Gasteiger partial charge in [-0.05, 0) is 85.8 Å². The number of aromatic nitrogens is 3. The standard InChI is InChI=1S/C27H31ClFN5O2/c1-27(15-36-14-24(27)29)34-5-3-16(4-6-34)21-7-17-9-25(30-11-18(17)8-23(21)28)32-26(35)22-10-20(22)19-12-31-33(2)13-19/h7-9,11-13,16,20,22,24H,3-6,10,14-15H2,1-2H3,(H,30,32,35)/t20-,22+,24+,27-/m1/s1. The van der Waals surface area contributed by atoms with Crippen molar-refractivity contribution in [1.82, 2.24) is 19.7 Å². The second-order valence-electron chi connectivity index (χ2n) is 10.8. The highest BCUT2D eigenvalue weighted by atomic mass is 35.5. The molecule has 3 aromatic rings. The van der Waals surface area contributed by atoms with Crippen molar-refractivity contribution in [3.63, 3.8) is 0 Å². The van der Waals surface area contributed by atoms with Gasteiger partial charge in [0.15, 0.2) is 0 Å². The summed E-state index contributed by atoms with van der Waals surface area (Å²) in [6.45, 7) is 4.23. The van der Waals surface area contributed by atoms with Gasteiger partial charge in [0.25, 0.3) is 0 Å². The summed E-state index contributed by atoms with van der Waals surface area (Å²) in [5.74, 6) is 1.03. The lowest BCUT2D eigenvalue weighted by molar-refractivity contribution is -0.117. The lowest BCUT2D eigenvalue weighted by atomic mass is 9.85. The molecule has 2 aromatic heterocycles. The minimum atomic E-state index is -0.949. The summed E-state index contributed by atoms with van der Waals surface area (Å²) in [4.78, 5) is 19.5. The molecule has 2 aliphatic heterocycles. The number of carbonyl (C=O) groups excluding carboxylic acids is 1. The molecule has 0 bridgehead atoms. The first-order valence-corrected chi connectivity index (χ1v) is 13.0. The minimum absolute atomic E-state index is 0.00665. The number of piperidine rings is 1. The number of hydrogen-bond acceptors (Lipinski definition) is 5. The highest BCUT2D eigenvalue weighted by Gasteiger charge is 2.46. The molecule has 2 saturated heterocycles. The van der Waals surface area contributed by atoms with Crippen LogP contribution in [0.25, 0.3) is 10.8 Å². The van der Waals surface area contributed by atoms with Crippen molar-refractivity contribution < 1.29 is 13.9 Å². The van der Waals surface area contributed by atoms with Crippen molar-refractivity contribution in [1.29, 1.82) is 0 Å². The number of pyridine rings is 1. The number of likely N-dealkylation sites (tertiary alicyclic amines) is 1. The maximum atomic E-state index is 14.5. The summed E-state index contributed by atoms with van der Waals surface area (Å²) in [5.41, 5.74) is 1.68. The third kappa shape index (κ3) is 4.29. The molecular weight excluding hydrogens is 481 g/mol. The van der Waals surface area contributed by atoms with Gasteiger partial charge < -0.3 is 10.1 Å². The number of aryl methyl sites for hydroxylation is 1. The summed E-state index contributed by atoms with van der Waals surface area (Å²) >= 11 is 6.70. The zero-order valence-corrected chi connectivity index (χ0v) is 21.3. The largest absolute Gasteiger partial charge is 0.376 e. The fraction of sp³-hybridized carbons (Fsp3) is 0.519. The number of carbonyl (C=O) groups is 1. The molecule has 1 amide bonds. The van der Waals surface area contributed by atoms with E-state index in [1.54, 1.807) is 10.9 Å². The van der Waals surface area contributed by atoms with E-state index >= 15 is 0 Å². The number of nitrogens with zero attached hydrogens (tertiary/aromatic N) is 4. The lowest BCUT2D eigenvalue weighted by Gasteiger charge is -2.43. The number of ether oxygens (including phenoxy) is 1. The number of rotatable bonds is 5. The molecule has 0 radical (unpaired) electrons. The molecule has 3 fully saturated rings. The Bertz CT molecular complexity index is 1310. The molecule has 4 heterocycles. The number of hydrogen-bond donors (Lipinski definition) is 1. The maximum absolute atomic E-state index is 14.5. The van der Waals surface area contributed by atoms with Crippen molar-refractivity contribution in [3.8, 4) is 0 Å². The Kier molecular flexibility index (Phi) is 6.01. The van der Waals surface area contributed by atoms with Gasteiger partial charge >= 0.3 is 0 Å². The van der Waals surface area contributed by atoms with E-state index in [2.05, 4.69) is 26.4 Å². The van der Waals surface area contributed by atoms with Crippen molar-refractivity contribution >= 4 is 34.1 Å². The third-order valence-electron chi connectivity index (χ3n) is 8.36. The SMILES string of the molecule is Cn1cc([C@H]2C[C@@H]2C(=O)Nc2cc3cc(C4CCN([C@]5(C)COC[C@@H]5F)CC4)c(Cl)cc3cn2)cn1. The van der Waals surface area contributed by atoms with Gasteiger partial charge in [-0.1, -0.05) is 11.6 Å². The number of amides is 1. The van der Waals surface area contributed by atoms with Crippen LogP contribution in [0.1, 0.15) is 49.1 Å². The molecule has 0 unspecified atom stereocenters. The van der Waals surface area contributed by atoms with Crippen molar-refractivity contribution in [2.24, 2.45) is 13.0 Å². The topological polar surface area (TPSA) is 72.3 Å². The van der Waals surface area contributed by atoms with E-state index in [9.17, 15) is 9.18 Å². The number of anilines is 1. The van der Waals surface area contributed by atoms with Crippen molar-refractivity contribution in [2.75, 3.05) is 31.6 Å². The van der Waals surface area contributed by atoms with Gasteiger partial charge in [-0.15, -0.1) is 0 Å². The Morgan fingerprint density at radius 3 is 2.72 bits per heavy atom. The van der Waals surface area contributed by atoms with Gasteiger partial charge in [0.05, 0.1) is 24.9 Å². The Labute approximate surface area is 215 Å². The number of alkyl halides is 1. The maximum Gasteiger partial charge on any atom is 0.229 e. The van der Waals surface area contributed by atoms with E-state index in [-0.39, 0.29) is 24.3 Å². The summed E-state index contributed by atoms with van der Waals surface area (Å²) in [5, 5.41) is 9.88. The monoisotopic (exact) mass is 511 g/mol. The van der Waals surface area contributed by atoms with E-state index in [4.69, 9.17) is 16.3 Å². The van der Waals surface area contributed by atoms with Crippen molar-refractivity contribution in [2.45, 2.75) is 49.7 Å². The molecule has 3 aliphatic rings. The smallest absolute Gasteiger partial charge is 0.229 e. The third-order valence-corrected chi connectivity index (χ3v) is 8.69. The van der Waals surface area contributed by atoms with Crippen LogP contribution in [0, 0.1) is 5.92 Å². The van der Waals surface area contributed by atoms with E-state index in [1.807, 2.05) is 38.5 Å². The van der Waals surface area contributed by atoms with Crippen LogP contribution in [0.2, 0.25) is 5.02 Å². The van der Waals surface area contributed by atoms with Crippen LogP contribution in [-0.2, 0) is 16.6 Å². The molecule has 7 nitrogen and oxygen atoms in total. The molecule has 36 heavy (non-hydrogen) atoms. The van der Waals surface area contributed by atoms with Crippen LogP contribution >= 0.6 is 11.6 Å². The van der Waals surface area contributed by atoms with Gasteiger partial charge in [-0.25, -0.2) is 9.37 Å². The van der Waals surface area contributed by atoms with Crippen LogP contribution in [0.5, 0.6) is 0 Å². The molecule has 4 atom stereocenters. The molecule has 9 heteroatoms. The van der Waals surface area contributed by atoms with Crippen LogP contribution in [0.4, 0.5) is 10.2 Å². The van der Waals surface area contributed by atoms with Gasteiger partial charge in [0, 0.05) is 35.8 Å². The van der Waals surface area contributed by atoms with Gasteiger partial charge in [0.2, 0.25) is 5.91 Å². The Morgan fingerprint density at radius 1 is 1.22 bits per heavy atom. The van der Waals surface area contributed by atoms with E-state index < -0.39 is 11.7 Å². The summed E-state index contributed by atoms with van der Waals surface area (Å²) in [6, 6.07) is 6.01. The van der Waals surface area contributed by atoms with Crippen LogP contribution in [0.3, 0.4) is 0 Å². The van der Waals surface area contributed by atoms with Crippen LogP contribution in [-0.4, -0.2) is 63.6 Å². The minimum Gasteiger partial charge on any atom is -0.376 e. The number of nitrogens with one attached hydrogen (secondary N) is 1. The van der Waals surface area contributed by atoms with Gasteiger partial charge in [-0.2, -0.15) is 5.10 Å². The molecule has 1 N–H and O–H groups in total. The second-order valence-corrected chi connectivity index (χ2v) is 11.2. The first-order valence-electron chi connectivity index (χ1n) is 12.7. The first kappa shape index (κ1) is 23.8. The average Bonchev–Trinajstić information content (AvgIpc) is 3.44. The summed E-state index contributed by atoms with van der Waals surface area (Å²) < 4.78 is 21.7. The summed E-state index contributed by atoms with van der Waals surface area (Å²) in [6.07, 6.45) is 7.28. The van der Waals surface area contributed by atoms with E-state index in [1.165, 1.54) is 0 Å². The normalized spacial score (nSPS) is 29.1. The molecule has 1 saturated carbocycles. The quantitative estimate of drug-likeness (QED) is 0.539. The average molecular weight is 512 g/mol. The zero-order valence-electron chi connectivity index (χ0n) is 20.6. The second kappa shape index (κ2) is 9.08. The summed E-state index contributed by atoms with van der Waals surface area (Å²) in [7, 11) is 1.88. The molecular formula is C27H31ClFN5O2. The Balaban J connectivity index is 1.15. The van der Waals surface area contributed by atoms with Crippen LogP contribution in [0.15, 0.2) is 36.8 Å². The zero-order chi connectivity index (χ0) is 25.0. The van der Waals surface area contributed by atoms with Crippen molar-refractivity contribution in [3.05, 3.63) is 52.9 Å². The van der Waals surface area contributed by atoms with E-state index in [0.29, 0.717) is 18.3 Å². The lowest BCUT2D eigenvalue weighted by Crippen LogP contribution is -2.55. The highest BCUT2D eigenvalue weighted by molar-refractivity contribution is 6.32. The van der Waals surface area contributed by atoms with Gasteiger partial charge in [0.1, 0.15) is 12.0 Å². The number of halogens is 2. The molecule has 1 aromatic carbocycles. The Hall–Kier alpha value is -2.55. The first-order chi connectivity index (χ1) is 17.3. The highest BCUT2D eigenvalue weighted by Crippen LogP contribution is 2.48. The molecule has 0 spiro atoms.